The zero-order valence-electron chi connectivity index (χ0n) is 12.6. The molecular formula is C14H26N2O4. The number of aliphatic hydroxyl groups excluding tert-OH is 1. The van der Waals surface area contributed by atoms with Crippen LogP contribution in [0.15, 0.2) is 0 Å². The predicted molar refractivity (Wildman–Crippen MR) is 75.0 cm³/mol. The maximum absolute atomic E-state index is 12.2. The van der Waals surface area contributed by atoms with Crippen LogP contribution in [0.25, 0.3) is 0 Å². The van der Waals surface area contributed by atoms with Gasteiger partial charge in [0.25, 0.3) is 0 Å². The van der Waals surface area contributed by atoms with Gasteiger partial charge in [0.2, 0.25) is 11.8 Å². The third kappa shape index (κ3) is 4.76. The number of rotatable bonds is 6. The summed E-state index contributed by atoms with van der Waals surface area (Å²) in [5, 5.41) is 11.9. The number of amides is 2. The predicted octanol–water partition coefficient (Wildman–Crippen LogP) is 0.00450. The number of nitrogens with zero attached hydrogens (tertiary/aromatic N) is 1. The van der Waals surface area contributed by atoms with E-state index in [1.807, 2.05) is 13.8 Å². The van der Waals surface area contributed by atoms with Crippen LogP contribution in [0.5, 0.6) is 0 Å². The molecule has 116 valence electrons. The molecule has 2 N–H and O–H groups in total. The molecule has 1 fully saturated rings. The van der Waals surface area contributed by atoms with E-state index in [-0.39, 0.29) is 42.9 Å². The van der Waals surface area contributed by atoms with Crippen LogP contribution < -0.4 is 5.32 Å². The van der Waals surface area contributed by atoms with Crippen molar-refractivity contribution in [3.63, 3.8) is 0 Å². The second-order valence-electron chi connectivity index (χ2n) is 5.62. The number of hydrogen-bond donors (Lipinski definition) is 2. The molecule has 0 aliphatic carbocycles. The number of carbonyl (C=O) groups excluding carboxylic acids is 2. The van der Waals surface area contributed by atoms with Crippen molar-refractivity contribution >= 4 is 11.8 Å². The molecule has 0 aromatic carbocycles. The van der Waals surface area contributed by atoms with E-state index >= 15 is 0 Å². The third-order valence-corrected chi connectivity index (χ3v) is 3.53. The summed E-state index contributed by atoms with van der Waals surface area (Å²) in [7, 11) is 1.53. The number of ether oxygens (including phenoxy) is 1. The molecule has 0 saturated carbocycles. The van der Waals surface area contributed by atoms with Crippen molar-refractivity contribution in [3.8, 4) is 0 Å². The fourth-order valence-electron chi connectivity index (χ4n) is 2.42. The summed E-state index contributed by atoms with van der Waals surface area (Å²) in [6.07, 6.45) is 1.61. The zero-order valence-corrected chi connectivity index (χ0v) is 12.6. The lowest BCUT2D eigenvalue weighted by molar-refractivity contribution is -0.138. The molecule has 0 spiro atoms. The van der Waals surface area contributed by atoms with Crippen molar-refractivity contribution in [1.82, 2.24) is 10.2 Å². The summed E-state index contributed by atoms with van der Waals surface area (Å²) in [4.78, 5) is 25.9. The zero-order chi connectivity index (χ0) is 15.1. The Hall–Kier alpha value is -1.14. The standard InChI is InChI=1S/C14H26N2O4/c1-10(2)14(19)16-6-4-5-11(7-16)13(18)15-12(8-17)9-20-3/h10-12,17H,4-9H2,1-3H3,(H,15,18). The molecule has 20 heavy (non-hydrogen) atoms. The number of aliphatic hydroxyl groups is 1. The largest absolute Gasteiger partial charge is 0.394 e. The maximum Gasteiger partial charge on any atom is 0.225 e. The molecule has 6 nitrogen and oxygen atoms in total. The minimum absolute atomic E-state index is 0.0458. The van der Waals surface area contributed by atoms with Crippen LogP contribution in [0.3, 0.4) is 0 Å². The average Bonchev–Trinajstić information content (AvgIpc) is 2.45. The molecule has 2 atom stereocenters. The van der Waals surface area contributed by atoms with E-state index in [2.05, 4.69) is 5.32 Å². The van der Waals surface area contributed by atoms with Crippen LogP contribution in [0.2, 0.25) is 0 Å². The van der Waals surface area contributed by atoms with E-state index in [0.29, 0.717) is 6.54 Å². The Balaban J connectivity index is 2.53. The van der Waals surface area contributed by atoms with Crippen LogP contribution in [0.1, 0.15) is 26.7 Å². The van der Waals surface area contributed by atoms with E-state index in [1.54, 1.807) is 4.90 Å². The van der Waals surface area contributed by atoms with Gasteiger partial charge in [0, 0.05) is 26.1 Å². The lowest BCUT2D eigenvalue weighted by Crippen LogP contribution is -2.50. The van der Waals surface area contributed by atoms with Crippen LogP contribution in [0.4, 0.5) is 0 Å². The topological polar surface area (TPSA) is 78.9 Å². The number of methoxy groups -OCH3 is 1. The van der Waals surface area contributed by atoms with Crippen LogP contribution in [0, 0.1) is 11.8 Å². The molecule has 1 aliphatic rings. The average molecular weight is 286 g/mol. The van der Waals surface area contributed by atoms with Crippen molar-refractivity contribution in [1.29, 1.82) is 0 Å². The molecular weight excluding hydrogens is 260 g/mol. The van der Waals surface area contributed by atoms with Crippen molar-refractivity contribution in [2.45, 2.75) is 32.7 Å². The first kappa shape index (κ1) is 16.9. The Labute approximate surface area is 120 Å². The SMILES string of the molecule is COCC(CO)NC(=O)C1CCCN(C(=O)C(C)C)C1. The molecule has 1 saturated heterocycles. The van der Waals surface area contributed by atoms with Crippen LogP contribution in [-0.2, 0) is 14.3 Å². The first-order chi connectivity index (χ1) is 9.49. The molecule has 2 unspecified atom stereocenters. The number of carbonyl (C=O) groups is 2. The van der Waals surface area contributed by atoms with Gasteiger partial charge in [0.1, 0.15) is 0 Å². The van der Waals surface area contributed by atoms with Crippen molar-refractivity contribution in [3.05, 3.63) is 0 Å². The highest BCUT2D eigenvalue weighted by atomic mass is 16.5. The number of nitrogens with one attached hydrogen (secondary N) is 1. The van der Waals surface area contributed by atoms with E-state index in [0.717, 1.165) is 19.4 Å². The van der Waals surface area contributed by atoms with E-state index in [4.69, 9.17) is 9.84 Å². The van der Waals surface area contributed by atoms with E-state index in [1.165, 1.54) is 7.11 Å². The van der Waals surface area contributed by atoms with Crippen molar-refractivity contribution in [2.24, 2.45) is 11.8 Å². The Morgan fingerprint density at radius 2 is 2.15 bits per heavy atom. The Morgan fingerprint density at radius 1 is 1.45 bits per heavy atom. The number of likely N-dealkylation sites (tertiary alicyclic amines) is 1. The minimum Gasteiger partial charge on any atom is -0.394 e. The lowest BCUT2D eigenvalue weighted by atomic mass is 9.96. The molecule has 0 aromatic heterocycles. The Kier molecular flexibility index (Phi) is 6.95. The van der Waals surface area contributed by atoms with Crippen molar-refractivity contribution in [2.75, 3.05) is 33.4 Å². The molecule has 1 heterocycles. The fraction of sp³-hybridized carbons (Fsp3) is 0.857. The summed E-state index contributed by atoms with van der Waals surface area (Å²) < 4.78 is 4.93. The summed E-state index contributed by atoms with van der Waals surface area (Å²) >= 11 is 0. The van der Waals surface area contributed by atoms with Gasteiger partial charge < -0.3 is 20.1 Å². The first-order valence-electron chi connectivity index (χ1n) is 7.18. The summed E-state index contributed by atoms with van der Waals surface area (Å²) in [6, 6.07) is -0.385. The number of hydrogen-bond acceptors (Lipinski definition) is 4. The lowest BCUT2D eigenvalue weighted by Gasteiger charge is -2.33. The van der Waals surface area contributed by atoms with Crippen LogP contribution >= 0.6 is 0 Å². The Morgan fingerprint density at radius 3 is 2.70 bits per heavy atom. The smallest absolute Gasteiger partial charge is 0.225 e. The minimum atomic E-state index is -0.385. The second kappa shape index (κ2) is 8.21. The summed E-state index contributed by atoms with van der Waals surface area (Å²) in [6.45, 7) is 5.06. The fourth-order valence-corrected chi connectivity index (χ4v) is 2.42. The Bertz CT molecular complexity index is 333. The van der Waals surface area contributed by atoms with Gasteiger partial charge in [0.05, 0.1) is 25.2 Å². The van der Waals surface area contributed by atoms with Crippen molar-refractivity contribution < 1.29 is 19.4 Å². The van der Waals surface area contributed by atoms with Gasteiger partial charge in [-0.3, -0.25) is 9.59 Å². The molecule has 6 heteroatoms. The highest BCUT2D eigenvalue weighted by Crippen LogP contribution is 2.18. The third-order valence-electron chi connectivity index (χ3n) is 3.53. The molecule has 2 amide bonds. The second-order valence-corrected chi connectivity index (χ2v) is 5.62. The van der Waals surface area contributed by atoms with Crippen LogP contribution in [-0.4, -0.2) is 61.3 Å². The van der Waals surface area contributed by atoms with Gasteiger partial charge in [0.15, 0.2) is 0 Å². The van der Waals surface area contributed by atoms with Gasteiger partial charge >= 0.3 is 0 Å². The van der Waals surface area contributed by atoms with Gasteiger partial charge in [-0.25, -0.2) is 0 Å². The maximum atomic E-state index is 12.2. The molecule has 0 bridgehead atoms. The highest BCUT2D eigenvalue weighted by Gasteiger charge is 2.30. The molecule has 1 rings (SSSR count). The van der Waals surface area contributed by atoms with E-state index < -0.39 is 0 Å². The highest BCUT2D eigenvalue weighted by molar-refractivity contribution is 5.82. The van der Waals surface area contributed by atoms with Gasteiger partial charge in [-0.2, -0.15) is 0 Å². The van der Waals surface area contributed by atoms with Gasteiger partial charge in [-0.1, -0.05) is 13.8 Å². The first-order valence-corrected chi connectivity index (χ1v) is 7.18. The molecule has 0 aromatic rings. The van der Waals surface area contributed by atoms with E-state index in [9.17, 15) is 9.59 Å². The quantitative estimate of drug-likeness (QED) is 0.720. The molecule has 0 radical (unpaired) electrons. The molecule has 1 aliphatic heterocycles. The monoisotopic (exact) mass is 286 g/mol. The summed E-state index contributed by atoms with van der Waals surface area (Å²) in [5.74, 6) is -0.256. The van der Waals surface area contributed by atoms with Gasteiger partial charge in [-0.15, -0.1) is 0 Å². The van der Waals surface area contributed by atoms with Gasteiger partial charge in [-0.05, 0) is 12.8 Å². The summed E-state index contributed by atoms with van der Waals surface area (Å²) in [5.41, 5.74) is 0. The normalized spacial score (nSPS) is 20.9. The number of piperidine rings is 1.